The van der Waals surface area contributed by atoms with Gasteiger partial charge in [-0.3, -0.25) is 0 Å². The Hall–Kier alpha value is -1.11. The zero-order chi connectivity index (χ0) is 28.0. The minimum absolute atomic E-state index is 0.0667. The molecule has 39 heavy (non-hydrogen) atoms. The van der Waals surface area contributed by atoms with Gasteiger partial charge < -0.3 is 44.8 Å². The second kappa shape index (κ2) is 9.46. The Bertz CT molecular complexity index is 1020. The van der Waals surface area contributed by atoms with Crippen molar-refractivity contribution in [3.63, 3.8) is 0 Å². The van der Waals surface area contributed by atoms with Crippen LogP contribution in [0.25, 0.3) is 0 Å². The normalized spacial score (nSPS) is 55.3. The molecule has 4 aliphatic carbocycles. The summed E-state index contributed by atoms with van der Waals surface area (Å²) in [7, 11) is 0. The van der Waals surface area contributed by atoms with Crippen LogP contribution in [0.3, 0.4) is 0 Å². The first-order valence-electron chi connectivity index (χ1n) is 14.7. The van der Waals surface area contributed by atoms with E-state index >= 15 is 0 Å². The monoisotopic (exact) mass is 552 g/mol. The maximum Gasteiger partial charge on any atom is 0.331 e. The average molecular weight is 553 g/mol. The van der Waals surface area contributed by atoms with E-state index in [-0.39, 0.29) is 36.8 Å². The molecule has 6 rings (SSSR count). The van der Waals surface area contributed by atoms with Gasteiger partial charge in [-0.2, -0.15) is 0 Å². The molecule has 13 atom stereocenters. The van der Waals surface area contributed by atoms with Crippen LogP contribution < -0.4 is 0 Å². The molecule has 0 bridgehead atoms. The van der Waals surface area contributed by atoms with Crippen LogP contribution in [-0.2, 0) is 19.0 Å². The van der Waals surface area contributed by atoms with Gasteiger partial charge in [0.05, 0.1) is 30.0 Å². The van der Waals surface area contributed by atoms with Gasteiger partial charge in [-0.15, -0.1) is 0 Å². The molecule has 10 nitrogen and oxygen atoms in total. The minimum atomic E-state index is -1.41. The molecule has 0 aromatic rings. The molecule has 5 fully saturated rings. The molecule has 0 aromatic carbocycles. The molecular formula is C29H44O10. The van der Waals surface area contributed by atoms with Crippen molar-refractivity contribution in [2.75, 3.05) is 13.2 Å². The first-order valence-corrected chi connectivity index (χ1v) is 14.7. The van der Waals surface area contributed by atoms with Gasteiger partial charge in [0.15, 0.2) is 6.29 Å². The number of hydrogen-bond donors (Lipinski definition) is 6. The molecule has 1 saturated heterocycles. The van der Waals surface area contributed by atoms with Gasteiger partial charge in [0.1, 0.15) is 24.9 Å². The fraction of sp³-hybridized carbons (Fsp3) is 0.897. The summed E-state index contributed by atoms with van der Waals surface area (Å²) in [5, 5.41) is 66.1. The molecule has 4 saturated carbocycles. The third-order valence-corrected chi connectivity index (χ3v) is 12.2. The zero-order valence-corrected chi connectivity index (χ0v) is 22.9. The Balaban J connectivity index is 1.22. The number of fused-ring (bicyclic) bond motifs is 5. The quantitative estimate of drug-likeness (QED) is 0.214. The molecule has 0 aromatic heterocycles. The fourth-order valence-corrected chi connectivity index (χ4v) is 9.93. The Morgan fingerprint density at radius 1 is 0.974 bits per heavy atom. The minimum Gasteiger partial charge on any atom is -0.458 e. The maximum absolute atomic E-state index is 12.4. The number of esters is 1. The van der Waals surface area contributed by atoms with E-state index < -0.39 is 58.8 Å². The van der Waals surface area contributed by atoms with Crippen molar-refractivity contribution in [2.45, 2.75) is 120 Å². The van der Waals surface area contributed by atoms with Crippen molar-refractivity contribution < 1.29 is 49.6 Å². The Morgan fingerprint density at radius 3 is 2.41 bits per heavy atom. The highest BCUT2D eigenvalue weighted by Crippen LogP contribution is 2.70. The van der Waals surface area contributed by atoms with Crippen LogP contribution in [-0.4, -0.2) is 97.8 Å². The summed E-state index contributed by atoms with van der Waals surface area (Å²) < 4.78 is 16.9. The molecule has 6 aliphatic rings. The van der Waals surface area contributed by atoms with E-state index in [1.165, 1.54) is 0 Å². The van der Waals surface area contributed by atoms with Crippen molar-refractivity contribution in [3.8, 4) is 0 Å². The van der Waals surface area contributed by atoms with Crippen LogP contribution in [0, 0.1) is 28.6 Å². The highest BCUT2D eigenvalue weighted by molar-refractivity contribution is 5.85. The van der Waals surface area contributed by atoms with Crippen LogP contribution in [0.4, 0.5) is 0 Å². The van der Waals surface area contributed by atoms with E-state index in [2.05, 4.69) is 6.92 Å². The molecule has 0 amide bonds. The van der Waals surface area contributed by atoms with Gasteiger partial charge in [-0.05, 0) is 81.6 Å². The average Bonchev–Trinajstić information content (AvgIpc) is 3.45. The van der Waals surface area contributed by atoms with Crippen LogP contribution in [0.5, 0.6) is 0 Å². The van der Waals surface area contributed by atoms with E-state index in [0.29, 0.717) is 38.7 Å². The molecule has 0 unspecified atom stereocenters. The molecule has 220 valence electrons. The summed E-state index contributed by atoms with van der Waals surface area (Å²) in [5.74, 6) is -0.387. The van der Waals surface area contributed by atoms with E-state index in [9.17, 15) is 35.4 Å². The summed E-state index contributed by atoms with van der Waals surface area (Å²) in [4.78, 5) is 11.8. The van der Waals surface area contributed by atoms with Gasteiger partial charge in [0.25, 0.3) is 0 Å². The molecule has 0 radical (unpaired) electrons. The van der Waals surface area contributed by atoms with Crippen LogP contribution in [0.2, 0.25) is 0 Å². The Kier molecular flexibility index (Phi) is 6.80. The van der Waals surface area contributed by atoms with Gasteiger partial charge in [-0.25, -0.2) is 4.79 Å². The maximum atomic E-state index is 12.4. The SMILES string of the molecule is C[C@H]1O[C@@H](O[C@H]2CC[C@]3(CO)[C@H]4CC[C@]5(C)[C@@H](C6=CC(=O)OC6)CC[C@]5(O)[C@@H]4CC[C@]3(O)C2)[C@H](O)[C@H](O)[C@H]1O. The lowest BCUT2D eigenvalue weighted by Gasteiger charge is -2.66. The Labute approximate surface area is 229 Å². The number of cyclic esters (lactones) is 1. The number of hydrogen-bond acceptors (Lipinski definition) is 10. The number of aliphatic hydroxyl groups is 6. The first-order chi connectivity index (χ1) is 18.4. The van der Waals surface area contributed by atoms with Gasteiger partial charge >= 0.3 is 5.97 Å². The van der Waals surface area contributed by atoms with Gasteiger partial charge in [0, 0.05) is 23.3 Å². The molecule has 10 heteroatoms. The van der Waals surface area contributed by atoms with E-state index in [4.69, 9.17) is 14.2 Å². The predicted octanol–water partition coefficient (Wildman–Crippen LogP) is 0.543. The topological polar surface area (TPSA) is 166 Å². The van der Waals surface area contributed by atoms with Gasteiger partial charge in [0.2, 0.25) is 0 Å². The van der Waals surface area contributed by atoms with Crippen molar-refractivity contribution in [3.05, 3.63) is 11.6 Å². The summed E-state index contributed by atoms with van der Waals surface area (Å²) in [5.41, 5.74) is -2.40. The highest BCUT2D eigenvalue weighted by atomic mass is 16.7. The first kappa shape index (κ1) is 28.0. The molecular weight excluding hydrogens is 508 g/mol. The Morgan fingerprint density at radius 2 is 1.72 bits per heavy atom. The van der Waals surface area contributed by atoms with E-state index in [0.717, 1.165) is 24.8 Å². The lowest BCUT2D eigenvalue weighted by atomic mass is 9.41. The molecule has 2 heterocycles. The second-order valence-corrected chi connectivity index (χ2v) is 13.6. The van der Waals surface area contributed by atoms with Crippen molar-refractivity contribution in [1.29, 1.82) is 0 Å². The highest BCUT2D eigenvalue weighted by Gasteiger charge is 2.71. The lowest BCUT2D eigenvalue weighted by Crippen LogP contribution is -2.69. The number of rotatable bonds is 4. The lowest BCUT2D eigenvalue weighted by molar-refractivity contribution is -0.322. The third-order valence-electron chi connectivity index (χ3n) is 12.2. The van der Waals surface area contributed by atoms with Crippen LogP contribution in [0.1, 0.15) is 71.6 Å². The number of ether oxygens (including phenoxy) is 3. The standard InChI is InChI=1S/C29H44O10/c1-15-22(32)23(33)24(34)25(38-15)39-17-3-8-27(14-30)19-4-7-26(2)18(16-11-21(31)37-13-16)6-10-29(26,36)20(19)5-9-28(27,35)12-17/h11,15,17-20,22-25,30,32-36H,3-10,12-14H2,1-2H3/t15-,17+,18-,19+,20-,22+,23-,24-,25+,26-,27+,28+,29+/m1/s1. The van der Waals surface area contributed by atoms with Crippen molar-refractivity contribution >= 4 is 5.97 Å². The zero-order valence-electron chi connectivity index (χ0n) is 22.9. The predicted molar refractivity (Wildman–Crippen MR) is 136 cm³/mol. The fourth-order valence-electron chi connectivity index (χ4n) is 9.93. The summed E-state index contributed by atoms with van der Waals surface area (Å²) >= 11 is 0. The summed E-state index contributed by atoms with van der Waals surface area (Å²) in [6, 6.07) is 0. The van der Waals surface area contributed by atoms with Crippen LogP contribution in [0.15, 0.2) is 11.6 Å². The van der Waals surface area contributed by atoms with Gasteiger partial charge in [-0.1, -0.05) is 6.92 Å². The van der Waals surface area contributed by atoms with E-state index in [1.54, 1.807) is 13.0 Å². The number of carbonyl (C=O) groups excluding carboxylic acids is 1. The molecule has 6 N–H and O–H groups in total. The third kappa shape index (κ3) is 3.86. The van der Waals surface area contributed by atoms with E-state index in [1.807, 2.05) is 0 Å². The number of carbonyl (C=O) groups is 1. The molecule has 2 aliphatic heterocycles. The van der Waals surface area contributed by atoms with Crippen molar-refractivity contribution in [2.24, 2.45) is 28.6 Å². The largest absolute Gasteiger partial charge is 0.458 e. The smallest absolute Gasteiger partial charge is 0.331 e. The van der Waals surface area contributed by atoms with Crippen molar-refractivity contribution in [1.82, 2.24) is 0 Å². The number of aliphatic hydroxyl groups excluding tert-OH is 4. The summed E-state index contributed by atoms with van der Waals surface area (Å²) in [6.45, 7) is 3.85. The van der Waals surface area contributed by atoms with Crippen LogP contribution >= 0.6 is 0 Å². The second-order valence-electron chi connectivity index (χ2n) is 13.6. The summed E-state index contributed by atoms with van der Waals surface area (Å²) in [6.07, 6.45) is 0.474. The molecule has 0 spiro atoms.